The van der Waals surface area contributed by atoms with Crippen molar-refractivity contribution in [2.24, 2.45) is 0 Å². The number of thiocarbonyl (C=S) groups is 1. The van der Waals surface area contributed by atoms with Crippen LogP contribution in [0.3, 0.4) is 0 Å². The topological polar surface area (TPSA) is 59.5 Å². The van der Waals surface area contributed by atoms with Gasteiger partial charge in [0, 0.05) is 13.1 Å². The number of thioether (sulfide) groups is 1. The van der Waals surface area contributed by atoms with Gasteiger partial charge in [0.2, 0.25) is 0 Å². The smallest absolute Gasteiger partial charge is 0.405 e. The maximum absolute atomic E-state index is 10.4. The third-order valence-corrected chi connectivity index (χ3v) is 3.73. The van der Waals surface area contributed by atoms with Crippen LogP contribution < -0.4 is 0 Å². The molecule has 0 radical (unpaired) electrons. The van der Waals surface area contributed by atoms with Crippen LogP contribution in [0.2, 0.25) is 0 Å². The fourth-order valence-electron chi connectivity index (χ4n) is 1.25. The van der Waals surface area contributed by atoms with Gasteiger partial charge in [0.25, 0.3) is 0 Å². The molecule has 0 spiro atoms. The zero-order valence-electron chi connectivity index (χ0n) is 9.71. The predicted octanol–water partition coefficient (Wildman–Crippen LogP) is 3.05. The lowest BCUT2D eigenvalue weighted by atomic mass is 10.5. The Morgan fingerprint density at radius 1 is 1.53 bits per heavy atom. The first-order chi connectivity index (χ1) is 8.08. The molecule has 0 saturated heterocycles. The molecule has 94 valence electrons. The summed E-state index contributed by atoms with van der Waals surface area (Å²) >= 11 is 6.70. The fourth-order valence-corrected chi connectivity index (χ4v) is 2.54. The molecule has 0 bridgehead atoms. The van der Waals surface area contributed by atoms with Gasteiger partial charge in [0.15, 0.2) is 0 Å². The lowest BCUT2D eigenvalue weighted by Crippen LogP contribution is -2.26. The van der Waals surface area contributed by atoms with Gasteiger partial charge in [0.05, 0.1) is 11.8 Å². The van der Waals surface area contributed by atoms with Crippen LogP contribution in [0.1, 0.15) is 19.6 Å². The lowest BCUT2D eigenvalue weighted by Gasteiger charge is -2.20. The largest absolute Gasteiger partial charge is 0.433 e. The quantitative estimate of drug-likeness (QED) is 0.467. The second-order valence-electron chi connectivity index (χ2n) is 3.22. The number of nitro groups is 1. The number of rotatable bonds is 5. The zero-order chi connectivity index (χ0) is 12.8. The van der Waals surface area contributed by atoms with E-state index in [1.807, 2.05) is 13.8 Å². The van der Waals surface area contributed by atoms with Crippen LogP contribution in [0.5, 0.6) is 0 Å². The third-order valence-electron chi connectivity index (χ3n) is 2.19. The molecule has 1 rings (SSSR count). The maximum Gasteiger partial charge on any atom is 0.433 e. The van der Waals surface area contributed by atoms with Crippen LogP contribution in [-0.4, -0.2) is 27.2 Å². The van der Waals surface area contributed by atoms with Gasteiger partial charge in [-0.05, 0) is 19.9 Å². The standard InChI is InChI=1S/C10H14N2O3S2/c1-3-11(4-2)10(16)17-7-8-5-6-9(15-8)12(13)14/h5-6H,3-4,7H2,1-2H3. The molecule has 0 amide bonds. The Morgan fingerprint density at radius 3 is 2.65 bits per heavy atom. The van der Waals surface area contributed by atoms with E-state index in [1.54, 1.807) is 6.07 Å². The molecule has 1 heterocycles. The fraction of sp³-hybridized carbons (Fsp3) is 0.500. The minimum absolute atomic E-state index is 0.227. The number of nitrogens with zero attached hydrogens (tertiary/aromatic N) is 2. The van der Waals surface area contributed by atoms with Gasteiger partial charge >= 0.3 is 5.88 Å². The summed E-state index contributed by atoms with van der Waals surface area (Å²) in [6.45, 7) is 5.80. The molecule has 17 heavy (non-hydrogen) atoms. The molecule has 0 aliphatic rings. The SMILES string of the molecule is CCN(CC)C(=S)SCc1ccc([N+](=O)[O-])o1. The van der Waals surface area contributed by atoms with Crippen molar-refractivity contribution in [3.05, 3.63) is 28.0 Å². The van der Waals surface area contributed by atoms with Crippen LogP contribution in [0, 0.1) is 10.1 Å². The molecule has 1 aromatic heterocycles. The highest BCUT2D eigenvalue weighted by molar-refractivity contribution is 8.22. The first-order valence-corrected chi connectivity index (χ1v) is 6.62. The Balaban J connectivity index is 2.49. The minimum atomic E-state index is -0.545. The molecule has 1 aromatic rings. The monoisotopic (exact) mass is 274 g/mol. The van der Waals surface area contributed by atoms with E-state index in [-0.39, 0.29) is 5.88 Å². The Morgan fingerprint density at radius 2 is 2.18 bits per heavy atom. The van der Waals surface area contributed by atoms with Crippen LogP contribution in [-0.2, 0) is 5.75 Å². The van der Waals surface area contributed by atoms with Gasteiger partial charge in [-0.15, -0.1) is 0 Å². The van der Waals surface area contributed by atoms with E-state index in [2.05, 4.69) is 4.90 Å². The van der Waals surface area contributed by atoms with Gasteiger partial charge in [-0.2, -0.15) is 0 Å². The first kappa shape index (κ1) is 14.0. The second kappa shape index (κ2) is 6.61. The van der Waals surface area contributed by atoms with Gasteiger partial charge < -0.3 is 9.32 Å². The van der Waals surface area contributed by atoms with Crippen LogP contribution >= 0.6 is 24.0 Å². The summed E-state index contributed by atoms with van der Waals surface area (Å²) in [5.74, 6) is 0.856. The summed E-state index contributed by atoms with van der Waals surface area (Å²) < 4.78 is 5.83. The van der Waals surface area contributed by atoms with E-state index in [1.165, 1.54) is 17.8 Å². The summed E-state index contributed by atoms with van der Waals surface area (Å²) in [5, 5.41) is 10.4. The van der Waals surface area contributed by atoms with E-state index in [0.29, 0.717) is 11.5 Å². The predicted molar refractivity (Wildman–Crippen MR) is 72.2 cm³/mol. The molecule has 0 saturated carbocycles. The molecule has 0 fully saturated rings. The molecule has 5 nitrogen and oxygen atoms in total. The molecule has 0 aliphatic carbocycles. The Kier molecular flexibility index (Phi) is 5.43. The van der Waals surface area contributed by atoms with E-state index >= 15 is 0 Å². The van der Waals surface area contributed by atoms with E-state index < -0.39 is 4.92 Å². The Hall–Kier alpha value is -1.08. The average Bonchev–Trinajstić information content (AvgIpc) is 2.76. The summed E-state index contributed by atoms with van der Waals surface area (Å²) in [6.07, 6.45) is 0. The average molecular weight is 274 g/mol. The van der Waals surface area contributed by atoms with Crippen molar-refractivity contribution in [3.63, 3.8) is 0 Å². The molecule has 0 unspecified atom stereocenters. The first-order valence-electron chi connectivity index (χ1n) is 5.23. The van der Waals surface area contributed by atoms with Crippen molar-refractivity contribution in [1.82, 2.24) is 4.90 Å². The van der Waals surface area contributed by atoms with E-state index in [9.17, 15) is 10.1 Å². The van der Waals surface area contributed by atoms with Crippen molar-refractivity contribution in [2.45, 2.75) is 19.6 Å². The van der Waals surface area contributed by atoms with Crippen molar-refractivity contribution in [2.75, 3.05) is 13.1 Å². The summed E-state index contributed by atoms with van der Waals surface area (Å²) in [4.78, 5) is 11.9. The van der Waals surface area contributed by atoms with Gasteiger partial charge in [-0.25, -0.2) is 0 Å². The van der Waals surface area contributed by atoms with Crippen molar-refractivity contribution >= 4 is 34.2 Å². The van der Waals surface area contributed by atoms with Crippen molar-refractivity contribution < 1.29 is 9.34 Å². The molecule has 0 aliphatic heterocycles. The van der Waals surface area contributed by atoms with Gasteiger partial charge in [-0.1, -0.05) is 24.0 Å². The number of hydrogen-bond acceptors (Lipinski definition) is 5. The van der Waals surface area contributed by atoms with Crippen molar-refractivity contribution in [3.8, 4) is 0 Å². The summed E-state index contributed by atoms with van der Waals surface area (Å²) in [7, 11) is 0. The van der Waals surface area contributed by atoms with Crippen LogP contribution in [0.4, 0.5) is 5.88 Å². The molecular formula is C10H14N2O3S2. The number of furan rings is 1. The summed E-state index contributed by atoms with van der Waals surface area (Å²) in [5.41, 5.74) is 0. The molecule has 0 atom stereocenters. The molecule has 0 N–H and O–H groups in total. The summed E-state index contributed by atoms with van der Waals surface area (Å²) in [6, 6.07) is 2.96. The molecule has 7 heteroatoms. The lowest BCUT2D eigenvalue weighted by molar-refractivity contribution is -0.402. The van der Waals surface area contributed by atoms with E-state index in [4.69, 9.17) is 16.6 Å². The maximum atomic E-state index is 10.4. The molecular weight excluding hydrogens is 260 g/mol. The van der Waals surface area contributed by atoms with Gasteiger partial charge in [0.1, 0.15) is 15.0 Å². The second-order valence-corrected chi connectivity index (χ2v) is 4.83. The third kappa shape index (κ3) is 4.01. The highest BCUT2D eigenvalue weighted by atomic mass is 32.2. The Labute approximate surface area is 109 Å². The van der Waals surface area contributed by atoms with Gasteiger partial charge in [-0.3, -0.25) is 10.1 Å². The normalized spacial score (nSPS) is 10.2. The zero-order valence-corrected chi connectivity index (χ0v) is 11.3. The highest BCUT2D eigenvalue weighted by Crippen LogP contribution is 2.21. The van der Waals surface area contributed by atoms with Crippen LogP contribution in [0.15, 0.2) is 16.5 Å². The highest BCUT2D eigenvalue weighted by Gasteiger charge is 2.13. The minimum Gasteiger partial charge on any atom is -0.405 e. The van der Waals surface area contributed by atoms with E-state index in [0.717, 1.165) is 17.4 Å². The number of hydrogen-bond donors (Lipinski definition) is 0. The van der Waals surface area contributed by atoms with Crippen LogP contribution in [0.25, 0.3) is 0 Å². The van der Waals surface area contributed by atoms with Crippen molar-refractivity contribution in [1.29, 1.82) is 0 Å². The Bertz CT molecular complexity index is 402. The molecule has 0 aromatic carbocycles.